The molecule has 78 valence electrons. The van der Waals surface area contributed by atoms with Crippen LogP contribution in [0.4, 0.5) is 0 Å². The highest BCUT2D eigenvalue weighted by atomic mass is 35.5. The Balaban J connectivity index is 0.000000500. The molecule has 0 aliphatic rings. The molecule has 0 bridgehead atoms. The molecule has 0 spiro atoms. The van der Waals surface area contributed by atoms with E-state index in [9.17, 15) is 8.42 Å². The molecule has 1 rings (SSSR count). The molecule has 0 heterocycles. The molecule has 0 aliphatic carbocycles. The summed E-state index contributed by atoms with van der Waals surface area (Å²) in [7, 11) is -4.08. The Kier molecular flexibility index (Phi) is 5.06. The van der Waals surface area contributed by atoms with Crippen molar-refractivity contribution in [3.63, 3.8) is 0 Å². The van der Waals surface area contributed by atoms with Crippen molar-refractivity contribution in [2.45, 2.75) is 4.90 Å². The van der Waals surface area contributed by atoms with Crippen LogP contribution in [0.1, 0.15) is 0 Å². The van der Waals surface area contributed by atoms with Crippen LogP contribution in [-0.4, -0.2) is 18.2 Å². The van der Waals surface area contributed by atoms with Gasteiger partial charge in [-0.1, -0.05) is 11.6 Å². The van der Waals surface area contributed by atoms with E-state index in [1.165, 1.54) is 29.6 Å². The van der Waals surface area contributed by atoms with Gasteiger partial charge in [0.1, 0.15) is 0 Å². The van der Waals surface area contributed by atoms with Gasteiger partial charge >= 0.3 is 0 Å². The summed E-state index contributed by atoms with van der Waals surface area (Å²) in [6.45, 7) is 0. The molecule has 8 heteroatoms. The van der Waals surface area contributed by atoms with Gasteiger partial charge in [0.25, 0.3) is 10.1 Å². The van der Waals surface area contributed by atoms with Crippen molar-refractivity contribution < 1.29 is 18.2 Å². The van der Waals surface area contributed by atoms with Crippen molar-refractivity contribution in [3.05, 3.63) is 34.2 Å². The highest BCUT2D eigenvalue weighted by Gasteiger charge is 2.07. The van der Waals surface area contributed by atoms with Crippen molar-refractivity contribution in [2.24, 2.45) is 5.34 Å². The monoisotopic (exact) mass is 239 g/mol. The average molecular weight is 240 g/mol. The van der Waals surface area contributed by atoms with Crippen LogP contribution in [0, 0.1) is 4.91 Å². The van der Waals surface area contributed by atoms with Crippen molar-refractivity contribution in [3.8, 4) is 0 Å². The first kappa shape index (κ1) is 12.8. The van der Waals surface area contributed by atoms with E-state index in [-0.39, 0.29) is 4.90 Å². The first-order valence-corrected chi connectivity index (χ1v) is 4.93. The third kappa shape index (κ3) is 4.75. The predicted octanol–water partition coefficient (Wildman–Crippen LogP) is 1.73. The summed E-state index contributed by atoms with van der Waals surface area (Å²) in [5.74, 6) is 0. The highest BCUT2D eigenvalue weighted by molar-refractivity contribution is 7.85. The molecule has 0 radical (unpaired) electrons. The minimum Gasteiger partial charge on any atom is -0.379 e. The van der Waals surface area contributed by atoms with Crippen LogP contribution in [0.5, 0.6) is 0 Å². The second-order valence-electron chi connectivity index (χ2n) is 2.01. The summed E-state index contributed by atoms with van der Waals surface area (Å²) in [6.07, 6.45) is 0. The Hall–Kier alpha value is -1.18. The maximum atomic E-state index is 10.5. The molecule has 0 aromatic heterocycles. The molecule has 1 aromatic carbocycles. The van der Waals surface area contributed by atoms with E-state index in [0.29, 0.717) is 5.02 Å². The summed E-state index contributed by atoms with van der Waals surface area (Å²) in [4.78, 5) is 7.96. The van der Waals surface area contributed by atoms with E-state index < -0.39 is 10.1 Å². The van der Waals surface area contributed by atoms with Crippen molar-refractivity contribution in [1.82, 2.24) is 0 Å². The fourth-order valence-corrected chi connectivity index (χ4v) is 1.21. The Morgan fingerprint density at radius 2 is 1.57 bits per heavy atom. The Morgan fingerprint density at radius 1 is 1.21 bits per heavy atom. The van der Waals surface area contributed by atoms with Crippen molar-refractivity contribution in [2.75, 3.05) is 0 Å². The van der Waals surface area contributed by atoms with Gasteiger partial charge in [-0.25, -0.2) is 0 Å². The zero-order chi connectivity index (χ0) is 11.2. The highest BCUT2D eigenvalue weighted by Crippen LogP contribution is 2.12. The topological polar surface area (TPSA) is 104 Å². The van der Waals surface area contributed by atoms with Gasteiger partial charge in [-0.3, -0.25) is 4.55 Å². The summed E-state index contributed by atoms with van der Waals surface area (Å²) in [6, 6.07) is 5.25. The molecule has 1 aromatic rings. The zero-order valence-electron chi connectivity index (χ0n) is 6.66. The molecule has 0 saturated carbocycles. The molecule has 0 aliphatic heterocycles. The Morgan fingerprint density at radius 3 is 1.86 bits per heavy atom. The Bertz CT molecular complexity index is 387. The maximum absolute atomic E-state index is 10.5. The molecule has 0 fully saturated rings. The van der Waals surface area contributed by atoms with Crippen molar-refractivity contribution >= 4 is 21.7 Å². The standard InChI is InChI=1S/C6H5ClO3S.HNO2/c7-5-1-3-6(4-2-5)11(8,9)10;2-1-3/h1-4H,(H,8,9,10);(H,2,3). The molecule has 14 heavy (non-hydrogen) atoms. The van der Waals surface area contributed by atoms with Crippen LogP contribution in [0.3, 0.4) is 0 Å². The first-order valence-electron chi connectivity index (χ1n) is 3.11. The van der Waals surface area contributed by atoms with Gasteiger partial charge in [0.15, 0.2) is 5.34 Å². The molecule has 0 atom stereocenters. The third-order valence-corrected chi connectivity index (χ3v) is 2.23. The van der Waals surface area contributed by atoms with Gasteiger partial charge in [-0.2, -0.15) is 8.42 Å². The lowest BCUT2D eigenvalue weighted by atomic mass is 10.4. The third-order valence-electron chi connectivity index (χ3n) is 1.11. The van der Waals surface area contributed by atoms with E-state index in [4.69, 9.17) is 26.3 Å². The van der Waals surface area contributed by atoms with Crippen LogP contribution in [-0.2, 0) is 10.1 Å². The Labute approximate surface area is 84.8 Å². The molecule has 2 N–H and O–H groups in total. The fourth-order valence-electron chi connectivity index (χ4n) is 0.607. The van der Waals surface area contributed by atoms with Crippen LogP contribution in [0.25, 0.3) is 0 Å². The number of hydrogen-bond acceptors (Lipinski definition) is 4. The summed E-state index contributed by atoms with van der Waals surface area (Å²) in [5.41, 5.74) is 0. The largest absolute Gasteiger partial charge is 0.379 e. The van der Waals surface area contributed by atoms with Crippen molar-refractivity contribution in [1.29, 1.82) is 0 Å². The lowest BCUT2D eigenvalue weighted by molar-refractivity contribution is 0.312. The zero-order valence-corrected chi connectivity index (χ0v) is 8.23. The SMILES string of the molecule is O=NO.O=S(=O)(O)c1ccc(Cl)cc1. The quantitative estimate of drug-likeness (QED) is 0.441. The van der Waals surface area contributed by atoms with Gasteiger partial charge < -0.3 is 5.21 Å². The predicted molar refractivity (Wildman–Crippen MR) is 48.8 cm³/mol. The lowest BCUT2D eigenvalue weighted by Crippen LogP contribution is -1.96. The molecular weight excluding hydrogens is 234 g/mol. The van der Waals surface area contributed by atoms with Gasteiger partial charge in [0.05, 0.1) is 4.90 Å². The number of rotatable bonds is 1. The van der Waals surface area contributed by atoms with Crippen LogP contribution in [0.2, 0.25) is 5.02 Å². The van der Waals surface area contributed by atoms with E-state index in [1.807, 2.05) is 0 Å². The lowest BCUT2D eigenvalue weighted by Gasteiger charge is -1.94. The van der Waals surface area contributed by atoms with E-state index in [1.54, 1.807) is 0 Å². The van der Waals surface area contributed by atoms with Gasteiger partial charge in [-0.15, -0.1) is 4.91 Å². The molecule has 0 saturated heterocycles. The van der Waals surface area contributed by atoms with Gasteiger partial charge in [0.2, 0.25) is 0 Å². The second-order valence-corrected chi connectivity index (χ2v) is 3.87. The maximum Gasteiger partial charge on any atom is 0.294 e. The summed E-state index contributed by atoms with van der Waals surface area (Å²) >= 11 is 5.49. The number of benzene rings is 1. The minimum atomic E-state index is -4.08. The van der Waals surface area contributed by atoms with Crippen LogP contribution < -0.4 is 0 Å². The smallest absolute Gasteiger partial charge is 0.294 e. The first-order chi connectivity index (χ1) is 6.41. The molecular formula is C6H6ClNO5S. The second kappa shape index (κ2) is 5.53. The van der Waals surface area contributed by atoms with Gasteiger partial charge in [-0.05, 0) is 24.3 Å². The van der Waals surface area contributed by atoms with Crippen LogP contribution in [0.15, 0.2) is 34.5 Å². The average Bonchev–Trinajstić information content (AvgIpc) is 2.04. The normalized spacial score (nSPS) is 9.86. The number of halogens is 1. The summed E-state index contributed by atoms with van der Waals surface area (Å²) in [5, 5.41) is 8.32. The molecule has 6 nitrogen and oxygen atoms in total. The number of hydrogen-bond donors (Lipinski definition) is 2. The van der Waals surface area contributed by atoms with E-state index in [0.717, 1.165) is 0 Å². The molecule has 0 unspecified atom stereocenters. The van der Waals surface area contributed by atoms with E-state index >= 15 is 0 Å². The van der Waals surface area contributed by atoms with Crippen LogP contribution >= 0.6 is 11.6 Å². The van der Waals surface area contributed by atoms with E-state index in [2.05, 4.69) is 0 Å². The fraction of sp³-hybridized carbons (Fsp3) is 0. The number of nitrogens with zero attached hydrogens (tertiary/aromatic N) is 1. The summed E-state index contributed by atoms with van der Waals surface area (Å²) < 4.78 is 29.4. The minimum absolute atomic E-state index is 0.151. The van der Waals surface area contributed by atoms with Gasteiger partial charge in [0, 0.05) is 5.02 Å². The molecule has 0 amide bonds.